The molecule has 1 aliphatic carbocycles. The highest BCUT2D eigenvalue weighted by Crippen LogP contribution is 2.40. The van der Waals surface area contributed by atoms with E-state index in [1.54, 1.807) is 0 Å². The summed E-state index contributed by atoms with van der Waals surface area (Å²) in [5.41, 5.74) is 9.02. The SMILES string of the molecule is CC(C)CNC1(CN)CCC(C)c2ccccc21. The van der Waals surface area contributed by atoms with Gasteiger partial charge in [0.2, 0.25) is 0 Å². The highest BCUT2D eigenvalue weighted by molar-refractivity contribution is 5.39. The topological polar surface area (TPSA) is 38.0 Å². The van der Waals surface area contributed by atoms with Crippen LogP contribution in [0.3, 0.4) is 0 Å². The molecule has 0 radical (unpaired) electrons. The molecule has 100 valence electrons. The van der Waals surface area contributed by atoms with Crippen molar-refractivity contribution in [1.29, 1.82) is 0 Å². The molecule has 1 aliphatic rings. The van der Waals surface area contributed by atoms with Crippen LogP contribution < -0.4 is 11.1 Å². The Balaban J connectivity index is 2.34. The summed E-state index contributed by atoms with van der Waals surface area (Å²) in [4.78, 5) is 0. The maximum absolute atomic E-state index is 6.12. The van der Waals surface area contributed by atoms with E-state index in [1.807, 2.05) is 0 Å². The van der Waals surface area contributed by atoms with Crippen LogP contribution in [-0.2, 0) is 5.54 Å². The molecule has 2 atom stereocenters. The molecular formula is C16H26N2. The number of nitrogens with one attached hydrogen (secondary N) is 1. The fourth-order valence-electron chi connectivity index (χ4n) is 2.98. The number of nitrogens with two attached hydrogens (primary N) is 1. The van der Waals surface area contributed by atoms with Crippen LogP contribution in [0.2, 0.25) is 0 Å². The van der Waals surface area contributed by atoms with E-state index in [4.69, 9.17) is 5.73 Å². The molecule has 0 fully saturated rings. The van der Waals surface area contributed by atoms with Crippen LogP contribution in [0.5, 0.6) is 0 Å². The van der Waals surface area contributed by atoms with E-state index in [2.05, 4.69) is 50.4 Å². The third kappa shape index (κ3) is 2.45. The van der Waals surface area contributed by atoms with Crippen molar-refractivity contribution in [2.75, 3.05) is 13.1 Å². The molecule has 0 bridgehead atoms. The van der Waals surface area contributed by atoms with Crippen LogP contribution in [0.25, 0.3) is 0 Å². The Hall–Kier alpha value is -0.860. The zero-order valence-corrected chi connectivity index (χ0v) is 11.9. The Morgan fingerprint density at radius 2 is 2.11 bits per heavy atom. The van der Waals surface area contributed by atoms with E-state index < -0.39 is 0 Å². The summed E-state index contributed by atoms with van der Waals surface area (Å²) in [6.07, 6.45) is 2.37. The molecule has 2 heteroatoms. The van der Waals surface area contributed by atoms with Gasteiger partial charge in [0.25, 0.3) is 0 Å². The molecule has 0 aliphatic heterocycles. The third-order valence-corrected chi connectivity index (χ3v) is 4.21. The minimum atomic E-state index is -0.00657. The molecule has 1 aromatic rings. The standard InChI is InChI=1S/C16H26N2/c1-12(2)10-18-16(11-17)9-8-13(3)14-6-4-5-7-15(14)16/h4-7,12-13,18H,8-11,17H2,1-3H3. The quantitative estimate of drug-likeness (QED) is 0.857. The Kier molecular flexibility index (Phi) is 4.08. The fraction of sp³-hybridized carbons (Fsp3) is 0.625. The van der Waals surface area contributed by atoms with Crippen LogP contribution in [0, 0.1) is 5.92 Å². The monoisotopic (exact) mass is 246 g/mol. The Morgan fingerprint density at radius 1 is 1.39 bits per heavy atom. The van der Waals surface area contributed by atoms with E-state index in [1.165, 1.54) is 17.5 Å². The van der Waals surface area contributed by atoms with Gasteiger partial charge < -0.3 is 11.1 Å². The minimum Gasteiger partial charge on any atom is -0.328 e. The van der Waals surface area contributed by atoms with Gasteiger partial charge >= 0.3 is 0 Å². The molecule has 2 nitrogen and oxygen atoms in total. The number of rotatable bonds is 4. The Bertz CT molecular complexity index is 400. The van der Waals surface area contributed by atoms with Gasteiger partial charge in [-0.2, -0.15) is 0 Å². The lowest BCUT2D eigenvalue weighted by atomic mass is 9.72. The average Bonchev–Trinajstić information content (AvgIpc) is 2.39. The summed E-state index contributed by atoms with van der Waals surface area (Å²) in [5, 5.41) is 3.74. The molecule has 0 amide bonds. The second-order valence-electron chi connectivity index (χ2n) is 6.09. The van der Waals surface area contributed by atoms with Crippen LogP contribution in [-0.4, -0.2) is 13.1 Å². The summed E-state index contributed by atoms with van der Waals surface area (Å²) >= 11 is 0. The lowest BCUT2D eigenvalue weighted by molar-refractivity contribution is 0.268. The third-order valence-electron chi connectivity index (χ3n) is 4.21. The molecule has 3 N–H and O–H groups in total. The van der Waals surface area contributed by atoms with Gasteiger partial charge in [-0.05, 0) is 42.3 Å². The van der Waals surface area contributed by atoms with Crippen LogP contribution in [0.15, 0.2) is 24.3 Å². The highest BCUT2D eigenvalue weighted by Gasteiger charge is 2.36. The first-order valence-electron chi connectivity index (χ1n) is 7.13. The van der Waals surface area contributed by atoms with Crippen molar-refractivity contribution in [3.63, 3.8) is 0 Å². The first kappa shape index (κ1) is 13.6. The van der Waals surface area contributed by atoms with Crippen molar-refractivity contribution < 1.29 is 0 Å². The van der Waals surface area contributed by atoms with Gasteiger partial charge in [-0.1, -0.05) is 45.0 Å². The maximum Gasteiger partial charge on any atom is 0.0561 e. The van der Waals surface area contributed by atoms with Crippen molar-refractivity contribution in [3.8, 4) is 0 Å². The molecular weight excluding hydrogens is 220 g/mol. The first-order chi connectivity index (χ1) is 8.59. The van der Waals surface area contributed by atoms with Crippen molar-refractivity contribution in [2.45, 2.75) is 45.1 Å². The van der Waals surface area contributed by atoms with E-state index in [0.29, 0.717) is 18.4 Å². The number of hydrogen-bond acceptors (Lipinski definition) is 2. The molecule has 0 heterocycles. The first-order valence-corrected chi connectivity index (χ1v) is 7.13. The molecule has 1 aromatic carbocycles. The van der Waals surface area contributed by atoms with E-state index in [-0.39, 0.29) is 5.54 Å². The highest BCUT2D eigenvalue weighted by atomic mass is 15.0. The van der Waals surface area contributed by atoms with E-state index in [0.717, 1.165) is 13.0 Å². The second kappa shape index (κ2) is 5.41. The van der Waals surface area contributed by atoms with Crippen LogP contribution in [0.1, 0.15) is 50.7 Å². The van der Waals surface area contributed by atoms with Crippen molar-refractivity contribution in [2.24, 2.45) is 11.7 Å². The number of benzene rings is 1. The molecule has 2 rings (SSSR count). The van der Waals surface area contributed by atoms with Gasteiger partial charge in [-0.3, -0.25) is 0 Å². The van der Waals surface area contributed by atoms with Gasteiger partial charge in [0, 0.05) is 6.54 Å². The van der Waals surface area contributed by atoms with Crippen LogP contribution >= 0.6 is 0 Å². The lowest BCUT2D eigenvalue weighted by Gasteiger charge is -2.42. The van der Waals surface area contributed by atoms with Crippen molar-refractivity contribution in [3.05, 3.63) is 35.4 Å². The lowest BCUT2D eigenvalue weighted by Crippen LogP contribution is -2.51. The van der Waals surface area contributed by atoms with Gasteiger partial charge in [0.05, 0.1) is 5.54 Å². The minimum absolute atomic E-state index is 0.00657. The second-order valence-corrected chi connectivity index (χ2v) is 6.09. The van der Waals surface area contributed by atoms with Crippen LogP contribution in [0.4, 0.5) is 0 Å². The average molecular weight is 246 g/mol. The van der Waals surface area contributed by atoms with E-state index in [9.17, 15) is 0 Å². The summed E-state index contributed by atoms with van der Waals surface area (Å²) < 4.78 is 0. The number of hydrogen-bond donors (Lipinski definition) is 2. The number of fused-ring (bicyclic) bond motifs is 1. The van der Waals surface area contributed by atoms with Crippen molar-refractivity contribution >= 4 is 0 Å². The van der Waals surface area contributed by atoms with E-state index >= 15 is 0 Å². The molecule has 0 saturated carbocycles. The zero-order chi connectivity index (χ0) is 13.2. The fourth-order valence-corrected chi connectivity index (χ4v) is 2.98. The zero-order valence-electron chi connectivity index (χ0n) is 11.9. The van der Waals surface area contributed by atoms with Crippen molar-refractivity contribution in [1.82, 2.24) is 5.32 Å². The predicted octanol–water partition coefficient (Wildman–Crippen LogP) is 2.98. The maximum atomic E-state index is 6.12. The molecule has 0 saturated heterocycles. The van der Waals surface area contributed by atoms with Gasteiger partial charge in [-0.15, -0.1) is 0 Å². The largest absolute Gasteiger partial charge is 0.328 e. The summed E-state index contributed by atoms with van der Waals surface area (Å²) in [6, 6.07) is 8.80. The summed E-state index contributed by atoms with van der Waals surface area (Å²) in [5.74, 6) is 1.31. The predicted molar refractivity (Wildman–Crippen MR) is 77.7 cm³/mol. The summed E-state index contributed by atoms with van der Waals surface area (Å²) in [6.45, 7) is 8.52. The molecule has 0 aromatic heterocycles. The Labute approximate surface area is 111 Å². The smallest absolute Gasteiger partial charge is 0.0561 e. The van der Waals surface area contributed by atoms with Gasteiger partial charge in [0.1, 0.15) is 0 Å². The normalized spacial score (nSPS) is 27.3. The van der Waals surface area contributed by atoms with Gasteiger partial charge in [0.15, 0.2) is 0 Å². The molecule has 0 spiro atoms. The Morgan fingerprint density at radius 3 is 2.78 bits per heavy atom. The molecule has 18 heavy (non-hydrogen) atoms. The molecule has 2 unspecified atom stereocenters. The summed E-state index contributed by atoms with van der Waals surface area (Å²) in [7, 11) is 0. The van der Waals surface area contributed by atoms with Gasteiger partial charge in [-0.25, -0.2) is 0 Å².